The maximum atomic E-state index is 12.6. The first-order chi connectivity index (χ1) is 15.8. The molecular weight excluding hydrogens is 451 g/mol. The summed E-state index contributed by atoms with van der Waals surface area (Å²) in [4.78, 5) is 31.0. The fourth-order valence-corrected chi connectivity index (χ4v) is 4.51. The summed E-state index contributed by atoms with van der Waals surface area (Å²) in [6.45, 7) is 4.17. The third kappa shape index (κ3) is 6.17. The van der Waals surface area contributed by atoms with Gasteiger partial charge in [-0.25, -0.2) is 0 Å². The van der Waals surface area contributed by atoms with Crippen molar-refractivity contribution in [2.45, 2.75) is 16.4 Å². The largest absolute Gasteiger partial charge is 0.446 e. The molecule has 0 atom stereocenters. The summed E-state index contributed by atoms with van der Waals surface area (Å²) >= 11 is -0.160. The van der Waals surface area contributed by atoms with E-state index >= 15 is 0 Å². The lowest BCUT2D eigenvalue weighted by Gasteiger charge is -2.47. The van der Waals surface area contributed by atoms with Crippen molar-refractivity contribution in [1.29, 1.82) is 0 Å². The molecule has 9 heteroatoms. The number of halogens is 3. The maximum Gasteiger partial charge on any atom is 0.446 e. The molecule has 4 rings (SSSR count). The van der Waals surface area contributed by atoms with Crippen LogP contribution in [0.4, 0.5) is 13.2 Å². The Balaban J connectivity index is 1.20. The molecule has 0 spiro atoms. The maximum absolute atomic E-state index is 12.6. The predicted molar refractivity (Wildman–Crippen MR) is 122 cm³/mol. The van der Waals surface area contributed by atoms with Gasteiger partial charge in [-0.3, -0.25) is 14.5 Å². The number of amides is 2. The van der Waals surface area contributed by atoms with Crippen LogP contribution < -0.4 is 0 Å². The van der Waals surface area contributed by atoms with E-state index in [1.165, 1.54) is 18.2 Å². The average molecular weight is 476 g/mol. The molecule has 0 radical (unpaired) electrons. The van der Waals surface area contributed by atoms with Gasteiger partial charge >= 0.3 is 5.51 Å². The molecule has 2 amide bonds. The summed E-state index contributed by atoms with van der Waals surface area (Å²) in [6, 6.07) is 15.5. The molecule has 5 nitrogen and oxygen atoms in total. The number of hydrogen-bond acceptors (Lipinski definition) is 4. The fraction of sp³-hybridized carbons (Fsp3) is 0.333. The number of benzene rings is 2. The van der Waals surface area contributed by atoms with Crippen LogP contribution in [0.3, 0.4) is 0 Å². The number of nitrogens with zero attached hydrogens (tertiary/aromatic N) is 3. The summed E-state index contributed by atoms with van der Waals surface area (Å²) in [7, 11) is 0. The van der Waals surface area contributed by atoms with Gasteiger partial charge in [0.15, 0.2) is 0 Å². The number of thioether (sulfide) groups is 1. The molecule has 2 aliphatic rings. The fourth-order valence-electron chi connectivity index (χ4n) is 3.97. The summed E-state index contributed by atoms with van der Waals surface area (Å²) in [5.74, 6) is -0.0614. The van der Waals surface area contributed by atoms with Crippen LogP contribution in [0.2, 0.25) is 0 Å². The predicted octanol–water partition coefficient (Wildman–Crippen LogP) is 3.98. The highest BCUT2D eigenvalue weighted by Gasteiger charge is 2.36. The van der Waals surface area contributed by atoms with Gasteiger partial charge in [0.05, 0.1) is 0 Å². The molecule has 2 aromatic rings. The van der Waals surface area contributed by atoms with E-state index in [4.69, 9.17) is 0 Å². The molecule has 0 aliphatic carbocycles. The zero-order valence-corrected chi connectivity index (χ0v) is 18.7. The lowest BCUT2D eigenvalue weighted by molar-refractivity contribution is -0.133. The second kappa shape index (κ2) is 10.0. The first-order valence-corrected chi connectivity index (χ1v) is 11.5. The SMILES string of the molecule is O=C(/C=C/c1ccc(SC(F)(F)F)cc1)N1CC(N2CCN(C(=O)c3ccccc3)CC2)C1. The standard InChI is InChI=1S/C24H24F3N3O2S/c25-24(26,27)33-21-9-6-18(7-10-21)8-11-22(31)30-16-20(17-30)28-12-14-29(15-13-28)23(32)19-4-2-1-3-5-19/h1-11,20H,12-17H2/b11-8+. The Hall–Kier alpha value is -2.78. The van der Waals surface area contributed by atoms with E-state index in [0.717, 1.165) is 13.1 Å². The second-order valence-electron chi connectivity index (χ2n) is 8.04. The van der Waals surface area contributed by atoms with Crippen LogP contribution in [0.15, 0.2) is 65.6 Å². The number of piperazine rings is 1. The highest BCUT2D eigenvalue weighted by Crippen LogP contribution is 2.36. The lowest BCUT2D eigenvalue weighted by Crippen LogP contribution is -2.64. The van der Waals surface area contributed by atoms with Gasteiger partial charge in [-0.2, -0.15) is 13.2 Å². The first-order valence-electron chi connectivity index (χ1n) is 10.7. The molecule has 174 valence electrons. The summed E-state index contributed by atoms with van der Waals surface area (Å²) in [5, 5.41) is 0. The van der Waals surface area contributed by atoms with Crippen LogP contribution in [0.1, 0.15) is 15.9 Å². The van der Waals surface area contributed by atoms with E-state index < -0.39 is 5.51 Å². The highest BCUT2D eigenvalue weighted by atomic mass is 32.2. The zero-order chi connectivity index (χ0) is 23.4. The minimum absolute atomic E-state index is 0.0517. The summed E-state index contributed by atoms with van der Waals surface area (Å²) in [6.07, 6.45) is 3.07. The Kier molecular flexibility index (Phi) is 7.09. The minimum atomic E-state index is -4.31. The minimum Gasteiger partial charge on any atom is -0.336 e. The van der Waals surface area contributed by atoms with Crippen molar-refractivity contribution in [2.24, 2.45) is 0 Å². The van der Waals surface area contributed by atoms with Crippen LogP contribution in [-0.4, -0.2) is 77.3 Å². The van der Waals surface area contributed by atoms with Crippen molar-refractivity contribution in [3.8, 4) is 0 Å². The van der Waals surface area contributed by atoms with Crippen LogP contribution in [0.25, 0.3) is 6.08 Å². The Morgan fingerprint density at radius 1 is 0.879 bits per heavy atom. The monoisotopic (exact) mass is 475 g/mol. The quantitative estimate of drug-likeness (QED) is 0.485. The number of likely N-dealkylation sites (tertiary alicyclic amines) is 1. The molecule has 0 unspecified atom stereocenters. The van der Waals surface area contributed by atoms with Crippen LogP contribution in [0, 0.1) is 0 Å². The lowest BCUT2D eigenvalue weighted by atomic mass is 10.1. The van der Waals surface area contributed by atoms with Gasteiger partial charge in [-0.15, -0.1) is 0 Å². The molecule has 0 saturated carbocycles. The molecule has 2 heterocycles. The van der Waals surface area contributed by atoms with E-state index in [-0.39, 0.29) is 34.5 Å². The number of carbonyl (C=O) groups excluding carboxylic acids is 2. The smallest absolute Gasteiger partial charge is 0.336 e. The Morgan fingerprint density at radius 2 is 1.52 bits per heavy atom. The second-order valence-corrected chi connectivity index (χ2v) is 9.18. The highest BCUT2D eigenvalue weighted by molar-refractivity contribution is 8.00. The van der Waals surface area contributed by atoms with E-state index in [9.17, 15) is 22.8 Å². The van der Waals surface area contributed by atoms with Gasteiger partial charge in [0.1, 0.15) is 0 Å². The summed E-state index contributed by atoms with van der Waals surface area (Å²) < 4.78 is 37.2. The summed E-state index contributed by atoms with van der Waals surface area (Å²) in [5.41, 5.74) is -2.94. The number of rotatable bonds is 5. The van der Waals surface area contributed by atoms with Gasteiger partial charge < -0.3 is 9.80 Å². The third-order valence-corrected chi connectivity index (χ3v) is 6.58. The molecule has 2 saturated heterocycles. The van der Waals surface area contributed by atoms with Gasteiger partial charge in [0, 0.05) is 61.8 Å². The molecule has 2 fully saturated rings. The zero-order valence-electron chi connectivity index (χ0n) is 17.9. The number of hydrogen-bond donors (Lipinski definition) is 0. The molecule has 2 aliphatic heterocycles. The molecular formula is C24H24F3N3O2S. The first kappa shape index (κ1) is 23.4. The molecule has 2 aromatic carbocycles. The van der Waals surface area contributed by atoms with Gasteiger partial charge in [-0.1, -0.05) is 30.3 Å². The Bertz CT molecular complexity index is 998. The van der Waals surface area contributed by atoms with Gasteiger partial charge in [-0.05, 0) is 47.7 Å². The normalized spacial score (nSPS) is 17.9. The van der Waals surface area contributed by atoms with Crippen molar-refractivity contribution < 1.29 is 22.8 Å². The van der Waals surface area contributed by atoms with E-state index in [1.54, 1.807) is 23.1 Å². The molecule has 0 bridgehead atoms. The van der Waals surface area contributed by atoms with Crippen LogP contribution >= 0.6 is 11.8 Å². The number of alkyl halides is 3. The van der Waals surface area contributed by atoms with Gasteiger partial charge in [0.2, 0.25) is 5.91 Å². The van der Waals surface area contributed by atoms with Crippen molar-refractivity contribution in [3.05, 3.63) is 71.8 Å². The van der Waals surface area contributed by atoms with E-state index in [2.05, 4.69) is 4.90 Å². The van der Waals surface area contributed by atoms with E-state index in [0.29, 0.717) is 37.3 Å². The molecule has 0 aromatic heterocycles. The van der Waals surface area contributed by atoms with Crippen LogP contribution in [-0.2, 0) is 4.79 Å². The van der Waals surface area contributed by atoms with E-state index in [1.807, 2.05) is 35.2 Å². The Labute approximate surface area is 194 Å². The number of carbonyl (C=O) groups is 2. The van der Waals surface area contributed by atoms with Crippen molar-refractivity contribution in [2.75, 3.05) is 39.3 Å². The topological polar surface area (TPSA) is 43.9 Å². The van der Waals surface area contributed by atoms with Crippen molar-refractivity contribution in [1.82, 2.24) is 14.7 Å². The van der Waals surface area contributed by atoms with Crippen molar-refractivity contribution >= 4 is 29.7 Å². The van der Waals surface area contributed by atoms with Crippen molar-refractivity contribution in [3.63, 3.8) is 0 Å². The Morgan fingerprint density at radius 3 is 2.12 bits per heavy atom. The van der Waals surface area contributed by atoms with Crippen LogP contribution in [0.5, 0.6) is 0 Å². The van der Waals surface area contributed by atoms with Gasteiger partial charge in [0.25, 0.3) is 5.91 Å². The molecule has 33 heavy (non-hydrogen) atoms. The molecule has 0 N–H and O–H groups in total. The average Bonchev–Trinajstić information content (AvgIpc) is 2.77. The third-order valence-electron chi connectivity index (χ3n) is 5.84.